The number of hydrogen-bond acceptors (Lipinski definition) is 25. The predicted octanol–water partition coefficient (Wildman–Crippen LogP) is 10.1. The fourth-order valence-corrected chi connectivity index (χ4v) is 11.8. The highest BCUT2D eigenvalue weighted by molar-refractivity contribution is 6.63. The van der Waals surface area contributed by atoms with Crippen LogP contribution in [-0.4, -0.2) is 298 Å². The Morgan fingerprint density at radius 2 is 0.626 bits per heavy atom. The number of hydrogen-bond donors (Lipinski definition) is 11. The maximum atomic E-state index is 10.0. The van der Waals surface area contributed by atoms with E-state index in [4.69, 9.17) is 110 Å². The van der Waals surface area contributed by atoms with E-state index in [1.54, 1.807) is 0 Å². The lowest BCUT2D eigenvalue weighted by Crippen LogP contribution is -2.34. The summed E-state index contributed by atoms with van der Waals surface area (Å²) in [5.41, 5.74) is 5.56. The van der Waals surface area contributed by atoms with E-state index in [2.05, 4.69) is 55.4 Å². The molecule has 1 fully saturated rings. The number of ether oxygens (including phenoxy) is 14. The van der Waals surface area contributed by atoms with Crippen LogP contribution in [0.5, 0.6) is 0 Å². The van der Waals surface area contributed by atoms with Gasteiger partial charge in [-0.05, 0) is 184 Å². The number of aliphatic hydroxyl groups is 5. The van der Waals surface area contributed by atoms with Gasteiger partial charge in [0.1, 0.15) is 0 Å². The minimum atomic E-state index is -4.01. The zero-order valence-electron chi connectivity index (χ0n) is 69.7. The van der Waals surface area contributed by atoms with Crippen molar-refractivity contribution in [1.82, 2.24) is 0 Å². The number of nitrogens with two attached hydrogens (primary N) is 1. The molecule has 1 rings (SSSR count). The standard InChI is InChI=1S/C26H58O12Si2.C20H41ClO5.C20H39ClO4.C12H27NO3/c1-22(7-9-25(27)20-34-11-5-15-39(4,29)30)17-36-13-14-38-24(3)19-37-18-23(2)8-10-26(28)21-35-12-6-16-40(31,32)33;1-5-19(22)8-6-16(2)13-24-10-11-26-18(4)15-25-14-17(3)7-9-20(23)12-21;1-16(4-6-19-7-8-19)13-23-10-11-25-18(3)15-24-14-17(2)5-9-20(22)12-21;1-10(2)7-14-5-6-16-12(4)9-15-8-11(3)13/h22-33H,5-21H2,1-4H3;16-20,22-23H,5-15H2,1-4H3;16-20,22H,4-15H2,1-3H3;10-12H,5-9,13H2,1-4H3. The van der Waals surface area contributed by atoms with E-state index in [-0.39, 0.29) is 68.3 Å². The van der Waals surface area contributed by atoms with Crippen LogP contribution < -0.4 is 5.73 Å². The Balaban J connectivity index is -0.00000141. The molecule has 12 N–H and O–H groups in total. The molecule has 1 aliphatic carbocycles. The SMILES string of the molecule is CC(C)COCCOC(C)COCC(C)N.CC(CCC(O)COCCC[Si](C)(O)O)COCCOC(C)COCC(C)CCC(O)COCCC[Si](O)(O)O.CC(CCC1CC1)COCCOC(C)COCC(C)CCC(O)CCl.CCC(O)CCC(C)COCCOC(C)COCC(C)CCC(O)CCl. The molecule has 16 atom stereocenters. The molecule has 1 saturated carbocycles. The second-order valence-corrected chi connectivity index (χ2v) is 37.0. The third-order valence-corrected chi connectivity index (χ3v) is 20.1. The lowest BCUT2D eigenvalue weighted by Gasteiger charge is -2.18. The summed E-state index contributed by atoms with van der Waals surface area (Å²) in [6, 6.07) is 0.381. The Morgan fingerprint density at radius 3 is 0.925 bits per heavy atom. The van der Waals surface area contributed by atoms with Gasteiger partial charge < -0.3 is 122 Å². The second-order valence-electron chi connectivity index (χ2n) is 31.4. The number of aliphatic hydroxyl groups excluding tert-OH is 5. The highest BCUT2D eigenvalue weighted by Gasteiger charge is 2.26. The zero-order valence-corrected chi connectivity index (χ0v) is 73.2. The second kappa shape index (κ2) is 74.8. The molecule has 0 radical (unpaired) electrons. The summed E-state index contributed by atoms with van der Waals surface area (Å²) in [6.45, 7) is 43.8. The first-order valence-electron chi connectivity index (χ1n) is 40.7. The van der Waals surface area contributed by atoms with E-state index in [1.165, 1.54) is 32.2 Å². The van der Waals surface area contributed by atoms with E-state index in [0.29, 0.717) is 211 Å². The largest absolute Gasteiger partial charge is 0.492 e. The smallest absolute Gasteiger partial charge is 0.411 e. The van der Waals surface area contributed by atoms with Crippen LogP contribution in [0.2, 0.25) is 18.6 Å². The van der Waals surface area contributed by atoms with Gasteiger partial charge in [-0.3, -0.25) is 0 Å². The molecule has 0 aliphatic heterocycles. The van der Waals surface area contributed by atoms with Crippen molar-refractivity contribution in [1.29, 1.82) is 0 Å². The third kappa shape index (κ3) is 89.8. The summed E-state index contributed by atoms with van der Waals surface area (Å²) < 4.78 is 78.3. The summed E-state index contributed by atoms with van der Waals surface area (Å²) in [5, 5.41) is 48.5. The number of halogens is 2. The molecule has 16 unspecified atom stereocenters. The number of alkyl halides is 2. The molecule has 0 bridgehead atoms. The van der Waals surface area contributed by atoms with Gasteiger partial charge in [0.05, 0.1) is 154 Å². The number of rotatable bonds is 73. The van der Waals surface area contributed by atoms with Gasteiger partial charge in [0.25, 0.3) is 0 Å². The van der Waals surface area contributed by atoms with Gasteiger partial charge in [0, 0.05) is 83.3 Å². The van der Waals surface area contributed by atoms with Crippen LogP contribution >= 0.6 is 23.2 Å². The summed E-state index contributed by atoms with van der Waals surface area (Å²) in [4.78, 5) is 45.5. The normalized spacial score (nSPS) is 17.4. The van der Waals surface area contributed by atoms with Crippen molar-refractivity contribution in [3.8, 4) is 0 Å². The van der Waals surface area contributed by atoms with Gasteiger partial charge in [-0.25, -0.2) is 0 Å². The Bertz CT molecular complexity index is 1830. The molecule has 0 spiro atoms. The molecule has 0 aromatic carbocycles. The monoisotopic (exact) mass is 1630 g/mol. The van der Waals surface area contributed by atoms with Crippen molar-refractivity contribution in [2.75, 3.05) is 170 Å². The molecular formula is C78H165Cl2NO24Si2. The van der Waals surface area contributed by atoms with Crippen LogP contribution in [0.15, 0.2) is 0 Å². The van der Waals surface area contributed by atoms with Gasteiger partial charge >= 0.3 is 17.4 Å². The average Bonchev–Trinajstić information content (AvgIpc) is 1.80. The van der Waals surface area contributed by atoms with Crippen molar-refractivity contribution in [2.45, 2.75) is 286 Å². The molecule has 0 aromatic rings. The van der Waals surface area contributed by atoms with Crippen molar-refractivity contribution in [3.05, 3.63) is 0 Å². The van der Waals surface area contributed by atoms with E-state index in [1.807, 2.05) is 41.5 Å². The van der Waals surface area contributed by atoms with Crippen LogP contribution in [0, 0.1) is 47.3 Å². The van der Waals surface area contributed by atoms with Crippen molar-refractivity contribution >= 4 is 40.6 Å². The van der Waals surface area contributed by atoms with Crippen LogP contribution in [-0.2, 0) is 66.3 Å². The Labute approximate surface area is 662 Å². The molecule has 648 valence electrons. The van der Waals surface area contributed by atoms with E-state index in [9.17, 15) is 35.1 Å². The van der Waals surface area contributed by atoms with Crippen LogP contribution in [0.3, 0.4) is 0 Å². The molecule has 0 amide bonds. The quantitative estimate of drug-likeness (QED) is 0.0153. The average molecular weight is 1630 g/mol. The molecule has 0 aromatic heterocycles. The highest BCUT2D eigenvalue weighted by atomic mass is 35.5. The molecule has 107 heavy (non-hydrogen) atoms. The lowest BCUT2D eigenvalue weighted by atomic mass is 10.0. The Kier molecular flexibility index (Phi) is 77.7. The van der Waals surface area contributed by atoms with Crippen LogP contribution in [0.1, 0.15) is 206 Å². The van der Waals surface area contributed by atoms with Crippen molar-refractivity contribution in [2.24, 2.45) is 53.1 Å². The molecule has 29 heteroatoms. The predicted molar refractivity (Wildman–Crippen MR) is 431 cm³/mol. The first-order chi connectivity index (χ1) is 50.6. The minimum Gasteiger partial charge on any atom is -0.411 e. The van der Waals surface area contributed by atoms with Crippen LogP contribution in [0.25, 0.3) is 0 Å². The molecular weight excluding hydrogens is 1460 g/mol. The third-order valence-electron chi connectivity index (χ3n) is 17.1. The van der Waals surface area contributed by atoms with Crippen molar-refractivity contribution in [3.63, 3.8) is 0 Å². The van der Waals surface area contributed by atoms with E-state index in [0.717, 1.165) is 70.5 Å². The lowest BCUT2D eigenvalue weighted by molar-refractivity contribution is -0.0395. The fraction of sp³-hybridized carbons (Fsp3) is 1.00. The van der Waals surface area contributed by atoms with Gasteiger partial charge in [-0.1, -0.05) is 81.6 Å². The van der Waals surface area contributed by atoms with Gasteiger partial charge in [0.2, 0.25) is 0 Å². The molecule has 0 heterocycles. The highest BCUT2D eigenvalue weighted by Crippen LogP contribution is 2.34. The van der Waals surface area contributed by atoms with Crippen molar-refractivity contribution < 1.29 is 116 Å². The van der Waals surface area contributed by atoms with Gasteiger partial charge in [0.15, 0.2) is 0 Å². The summed E-state index contributed by atoms with van der Waals surface area (Å²) >= 11 is 11.2. The summed E-state index contributed by atoms with van der Waals surface area (Å²) in [7, 11) is -7.02. The first kappa shape index (κ1) is 111. The Hall–Kier alpha value is 0.0138. The molecule has 25 nitrogen and oxygen atoms in total. The summed E-state index contributed by atoms with van der Waals surface area (Å²) in [5.74, 6) is 4.68. The minimum absolute atomic E-state index is 0.0383. The molecule has 0 saturated heterocycles. The van der Waals surface area contributed by atoms with Gasteiger partial charge in [-0.2, -0.15) is 0 Å². The topological polar surface area (TPSA) is 358 Å². The maximum absolute atomic E-state index is 10.0. The zero-order chi connectivity index (χ0) is 81.1. The first-order valence-corrected chi connectivity index (χ1v) is 46.4. The summed E-state index contributed by atoms with van der Waals surface area (Å²) in [6.07, 6.45) is 13.2. The molecule has 1 aliphatic rings. The Morgan fingerprint density at radius 1 is 0.336 bits per heavy atom. The van der Waals surface area contributed by atoms with Crippen LogP contribution in [0.4, 0.5) is 0 Å². The maximum Gasteiger partial charge on any atom is 0.492 e. The van der Waals surface area contributed by atoms with E-state index >= 15 is 0 Å². The van der Waals surface area contributed by atoms with Gasteiger partial charge in [-0.15, -0.1) is 23.2 Å². The van der Waals surface area contributed by atoms with E-state index < -0.39 is 41.8 Å². The fourth-order valence-electron chi connectivity index (χ4n) is 10.0.